The fourth-order valence-electron chi connectivity index (χ4n) is 3.80. The molecular formula is C24H19FN2O5. The number of nitrogens with zero attached hydrogens (tertiary/aromatic N) is 1. The molecule has 0 bridgehead atoms. The summed E-state index contributed by atoms with van der Waals surface area (Å²) in [5.41, 5.74) is -1.10. The molecule has 3 aromatic rings. The van der Waals surface area contributed by atoms with Crippen LogP contribution in [0.1, 0.15) is 21.5 Å². The van der Waals surface area contributed by atoms with Crippen LogP contribution < -0.4 is 10.2 Å². The first-order valence-corrected chi connectivity index (χ1v) is 9.73. The molecule has 1 aliphatic rings. The smallest absolute Gasteiger partial charge is 0.339 e. The van der Waals surface area contributed by atoms with Gasteiger partial charge >= 0.3 is 5.97 Å². The van der Waals surface area contributed by atoms with E-state index in [1.54, 1.807) is 36.4 Å². The number of rotatable bonds is 5. The maximum absolute atomic E-state index is 13.8. The minimum atomic E-state index is -2.14. The number of carbonyl (C=O) groups excluding carboxylic acids is 3. The average molecular weight is 434 g/mol. The number of carbonyl (C=O) groups is 3. The Labute approximate surface area is 183 Å². The van der Waals surface area contributed by atoms with Crippen LogP contribution in [0.5, 0.6) is 0 Å². The minimum absolute atomic E-state index is 0.0638. The van der Waals surface area contributed by atoms with Gasteiger partial charge in [0.2, 0.25) is 5.91 Å². The lowest BCUT2D eigenvalue weighted by Gasteiger charge is -2.23. The second-order valence-electron chi connectivity index (χ2n) is 7.21. The maximum Gasteiger partial charge on any atom is 0.339 e. The van der Waals surface area contributed by atoms with E-state index < -0.39 is 35.7 Å². The highest BCUT2D eigenvalue weighted by Crippen LogP contribution is 2.44. The molecule has 0 saturated carbocycles. The Morgan fingerprint density at radius 3 is 2.53 bits per heavy atom. The number of esters is 1. The second-order valence-corrected chi connectivity index (χ2v) is 7.21. The molecule has 0 aromatic heterocycles. The van der Waals surface area contributed by atoms with Crippen LogP contribution in [0, 0.1) is 5.82 Å². The van der Waals surface area contributed by atoms with Gasteiger partial charge in [-0.15, -0.1) is 0 Å². The second kappa shape index (κ2) is 8.24. The number of para-hydroxylation sites is 2. The molecule has 1 atom stereocenters. The molecule has 1 heterocycles. The van der Waals surface area contributed by atoms with Crippen molar-refractivity contribution in [2.45, 2.75) is 5.60 Å². The van der Waals surface area contributed by atoms with Crippen LogP contribution in [0.4, 0.5) is 15.8 Å². The molecule has 8 heteroatoms. The van der Waals surface area contributed by atoms with Gasteiger partial charge in [0.05, 0.1) is 24.0 Å². The van der Waals surface area contributed by atoms with Crippen molar-refractivity contribution in [1.29, 1.82) is 0 Å². The SMILES string of the molecule is COC(=O)c1ccccc1NC(=O)CN1C(=O)C(O)(c2cccc(F)c2)c2ccccc21. The van der Waals surface area contributed by atoms with Crippen molar-refractivity contribution in [2.24, 2.45) is 0 Å². The van der Waals surface area contributed by atoms with Crippen LogP contribution in [-0.4, -0.2) is 36.5 Å². The number of anilines is 2. The number of benzene rings is 3. The number of methoxy groups -OCH3 is 1. The molecule has 4 rings (SSSR count). The molecule has 32 heavy (non-hydrogen) atoms. The Balaban J connectivity index is 1.65. The van der Waals surface area contributed by atoms with Crippen molar-refractivity contribution in [1.82, 2.24) is 0 Å². The van der Waals surface area contributed by atoms with Crippen molar-refractivity contribution >= 4 is 29.2 Å². The minimum Gasteiger partial charge on any atom is -0.465 e. The Hall–Kier alpha value is -4.04. The van der Waals surface area contributed by atoms with E-state index in [1.807, 2.05) is 0 Å². The van der Waals surface area contributed by atoms with Gasteiger partial charge in [0.1, 0.15) is 12.4 Å². The lowest BCUT2D eigenvalue weighted by molar-refractivity contribution is -0.133. The van der Waals surface area contributed by atoms with Gasteiger partial charge in [-0.25, -0.2) is 9.18 Å². The number of hydrogen-bond donors (Lipinski definition) is 2. The zero-order valence-corrected chi connectivity index (χ0v) is 17.0. The Bertz CT molecular complexity index is 1230. The molecule has 0 aliphatic carbocycles. The summed E-state index contributed by atoms with van der Waals surface area (Å²) in [7, 11) is 1.23. The molecular weight excluding hydrogens is 415 g/mol. The van der Waals surface area contributed by atoms with Gasteiger partial charge in [-0.3, -0.25) is 14.5 Å². The number of hydrogen-bond acceptors (Lipinski definition) is 5. The number of aliphatic hydroxyl groups is 1. The summed E-state index contributed by atoms with van der Waals surface area (Å²) in [6, 6.07) is 17.9. The topological polar surface area (TPSA) is 95.9 Å². The van der Waals surface area contributed by atoms with Crippen LogP contribution in [0.15, 0.2) is 72.8 Å². The number of amides is 2. The molecule has 162 valence electrons. The summed E-state index contributed by atoms with van der Waals surface area (Å²) in [6.07, 6.45) is 0. The van der Waals surface area contributed by atoms with E-state index >= 15 is 0 Å². The molecule has 0 fully saturated rings. The van der Waals surface area contributed by atoms with Crippen molar-refractivity contribution in [2.75, 3.05) is 23.9 Å². The Kier molecular flexibility index (Phi) is 5.46. The molecule has 2 amide bonds. The fourth-order valence-corrected chi connectivity index (χ4v) is 3.80. The quantitative estimate of drug-likeness (QED) is 0.602. The standard InChI is InChI=1S/C24H19FN2O5/c1-32-22(29)17-9-2-4-11-19(17)26-21(28)14-27-20-12-5-3-10-18(20)24(31,23(27)30)15-7-6-8-16(25)13-15/h2-13,31H,14H2,1H3,(H,26,28). The van der Waals surface area contributed by atoms with E-state index in [1.165, 1.54) is 37.4 Å². The fraction of sp³-hybridized carbons (Fsp3) is 0.125. The Morgan fingerprint density at radius 1 is 1.06 bits per heavy atom. The van der Waals surface area contributed by atoms with Crippen molar-refractivity contribution in [3.8, 4) is 0 Å². The first-order chi connectivity index (χ1) is 15.4. The number of halogens is 1. The summed E-state index contributed by atoms with van der Waals surface area (Å²) in [5.74, 6) is -2.59. The van der Waals surface area contributed by atoms with E-state index in [0.29, 0.717) is 5.69 Å². The molecule has 1 unspecified atom stereocenters. The molecule has 1 aliphatic heterocycles. The van der Waals surface area contributed by atoms with Crippen LogP contribution in [0.2, 0.25) is 0 Å². The predicted octanol–water partition coefficient (Wildman–Crippen LogP) is 2.83. The normalized spacial score (nSPS) is 17.1. The zero-order chi connectivity index (χ0) is 22.9. The molecule has 0 saturated heterocycles. The van der Waals surface area contributed by atoms with Gasteiger partial charge in [-0.1, -0.05) is 42.5 Å². The number of ether oxygens (including phenoxy) is 1. The molecule has 2 N–H and O–H groups in total. The van der Waals surface area contributed by atoms with Gasteiger partial charge in [-0.05, 0) is 30.3 Å². The van der Waals surface area contributed by atoms with Gasteiger partial charge in [0.15, 0.2) is 5.60 Å². The van der Waals surface area contributed by atoms with Gasteiger partial charge < -0.3 is 15.2 Å². The molecule has 0 radical (unpaired) electrons. The van der Waals surface area contributed by atoms with Crippen molar-refractivity contribution in [3.63, 3.8) is 0 Å². The third-order valence-corrected chi connectivity index (χ3v) is 5.29. The highest BCUT2D eigenvalue weighted by Gasteiger charge is 2.51. The van der Waals surface area contributed by atoms with Gasteiger partial charge in [0, 0.05) is 11.1 Å². The third-order valence-electron chi connectivity index (χ3n) is 5.29. The lowest BCUT2D eigenvalue weighted by Crippen LogP contribution is -2.44. The van der Waals surface area contributed by atoms with Crippen LogP contribution in [0.3, 0.4) is 0 Å². The summed E-state index contributed by atoms with van der Waals surface area (Å²) in [4.78, 5) is 39.2. The van der Waals surface area contributed by atoms with Gasteiger partial charge in [0.25, 0.3) is 5.91 Å². The van der Waals surface area contributed by atoms with E-state index in [2.05, 4.69) is 5.32 Å². The molecule has 0 spiro atoms. The first kappa shape index (κ1) is 21.2. The largest absolute Gasteiger partial charge is 0.465 e. The highest BCUT2D eigenvalue weighted by molar-refractivity contribution is 6.13. The molecule has 3 aromatic carbocycles. The predicted molar refractivity (Wildman–Crippen MR) is 115 cm³/mol. The van der Waals surface area contributed by atoms with E-state index in [-0.39, 0.29) is 22.4 Å². The molecule has 7 nitrogen and oxygen atoms in total. The monoisotopic (exact) mass is 434 g/mol. The van der Waals surface area contributed by atoms with Crippen molar-refractivity contribution < 1.29 is 28.6 Å². The summed E-state index contributed by atoms with van der Waals surface area (Å²) in [6.45, 7) is -0.428. The summed E-state index contributed by atoms with van der Waals surface area (Å²) < 4.78 is 18.6. The summed E-state index contributed by atoms with van der Waals surface area (Å²) >= 11 is 0. The number of fused-ring (bicyclic) bond motifs is 1. The third kappa shape index (κ3) is 3.50. The van der Waals surface area contributed by atoms with Crippen molar-refractivity contribution in [3.05, 3.63) is 95.3 Å². The van der Waals surface area contributed by atoms with Crippen LogP contribution >= 0.6 is 0 Å². The average Bonchev–Trinajstić information content (AvgIpc) is 3.02. The Morgan fingerprint density at radius 2 is 1.78 bits per heavy atom. The van der Waals surface area contributed by atoms with E-state index in [4.69, 9.17) is 4.74 Å². The highest BCUT2D eigenvalue weighted by atomic mass is 19.1. The zero-order valence-electron chi connectivity index (χ0n) is 17.0. The summed E-state index contributed by atoms with van der Waals surface area (Å²) in [5, 5.41) is 14.0. The van der Waals surface area contributed by atoms with E-state index in [9.17, 15) is 23.9 Å². The first-order valence-electron chi connectivity index (χ1n) is 9.73. The number of nitrogens with one attached hydrogen (secondary N) is 1. The maximum atomic E-state index is 13.8. The van der Waals surface area contributed by atoms with Gasteiger partial charge in [-0.2, -0.15) is 0 Å². The van der Waals surface area contributed by atoms with Crippen LogP contribution in [0.25, 0.3) is 0 Å². The van der Waals surface area contributed by atoms with E-state index in [0.717, 1.165) is 11.0 Å². The lowest BCUT2D eigenvalue weighted by atomic mass is 9.87. The van der Waals surface area contributed by atoms with Crippen LogP contribution in [-0.2, 0) is 19.9 Å².